The second-order valence-corrected chi connectivity index (χ2v) is 12.1. The first-order valence-electron chi connectivity index (χ1n) is 14.2. The third-order valence-electron chi connectivity index (χ3n) is 7.39. The molecule has 1 fully saturated rings. The monoisotopic (exact) mass is 737 g/mol. The van der Waals surface area contributed by atoms with Crippen molar-refractivity contribution in [3.63, 3.8) is 0 Å². The molecule has 2 aliphatic heterocycles. The number of rotatable bonds is 10. The van der Waals surface area contributed by atoms with Crippen LogP contribution >= 0.6 is 23.4 Å². The largest absolute Gasteiger partial charge is 1.00 e. The molecule has 3 heterocycles. The Bertz CT molecular complexity index is 2040. The van der Waals surface area contributed by atoms with Crippen molar-refractivity contribution in [2.24, 2.45) is 0 Å². The molecular weight excluding hydrogens is 713 g/mol. The van der Waals surface area contributed by atoms with E-state index in [0.29, 0.717) is 10.1 Å². The molecule has 5 rings (SSSR count). The Morgan fingerprint density at radius 3 is 2.40 bits per heavy atom. The van der Waals surface area contributed by atoms with Gasteiger partial charge in [0.2, 0.25) is 17.7 Å². The molecule has 2 aliphatic rings. The molecule has 1 aromatic heterocycles. The second kappa shape index (κ2) is 15.9. The predicted octanol–water partition coefficient (Wildman–Crippen LogP) is -3.93. The quantitative estimate of drug-likeness (QED) is 0.0782. The van der Waals surface area contributed by atoms with Crippen LogP contribution in [0.1, 0.15) is 18.5 Å². The van der Waals surface area contributed by atoms with Crippen molar-refractivity contribution in [2.45, 2.75) is 37.0 Å². The number of halogens is 1. The fourth-order valence-corrected chi connectivity index (χ4v) is 6.57. The van der Waals surface area contributed by atoms with E-state index in [1.165, 1.54) is 25.1 Å². The summed E-state index contributed by atoms with van der Waals surface area (Å²) in [5.74, 6) is -6.41. The zero-order valence-electron chi connectivity index (χ0n) is 26.4. The number of thioether (sulfide) groups is 1. The van der Waals surface area contributed by atoms with Gasteiger partial charge < -0.3 is 39.7 Å². The van der Waals surface area contributed by atoms with Crippen LogP contribution in [-0.4, -0.2) is 75.5 Å². The van der Waals surface area contributed by atoms with Crippen LogP contribution in [0.2, 0.25) is 0 Å². The van der Waals surface area contributed by atoms with Gasteiger partial charge in [0.1, 0.15) is 30.0 Å². The number of hydrogen-bond acceptors (Lipinski definition) is 13. The van der Waals surface area contributed by atoms with E-state index < -0.39 is 82.8 Å². The molecule has 0 bridgehead atoms. The molecule has 2 aromatic carbocycles. The summed E-state index contributed by atoms with van der Waals surface area (Å²) in [5.41, 5.74) is -1.45. The van der Waals surface area contributed by atoms with E-state index in [4.69, 9.17) is 20.8 Å². The Morgan fingerprint density at radius 2 is 1.74 bits per heavy atom. The number of fused-ring (bicyclic) bond motifs is 2. The minimum Gasteiger partial charge on any atom is -0.543 e. The molecule has 0 radical (unpaired) electrons. The molecule has 3 N–H and O–H groups in total. The molecule has 20 heteroatoms. The average molecular weight is 738 g/mol. The summed E-state index contributed by atoms with van der Waals surface area (Å²) in [7, 11) is 1.06. The fraction of sp³-hybridized carbons (Fsp3) is 0.267. The predicted molar refractivity (Wildman–Crippen MR) is 168 cm³/mol. The third kappa shape index (κ3) is 7.73. The van der Waals surface area contributed by atoms with Gasteiger partial charge in [0.05, 0.1) is 29.2 Å². The molecule has 4 atom stereocenters. The number of benzene rings is 2. The van der Waals surface area contributed by atoms with Crippen LogP contribution < -0.4 is 66.7 Å². The van der Waals surface area contributed by atoms with Crippen LogP contribution in [0.3, 0.4) is 0 Å². The molecule has 0 unspecified atom stereocenters. The number of aliphatic carboxylic acids is 1. The number of ether oxygens (including phenoxy) is 2. The molecule has 0 spiro atoms. The van der Waals surface area contributed by atoms with Crippen molar-refractivity contribution in [3.8, 4) is 5.75 Å². The summed E-state index contributed by atoms with van der Waals surface area (Å²) in [6.07, 6.45) is -1.13. The summed E-state index contributed by atoms with van der Waals surface area (Å²) < 4.78 is 14.9. The third-order valence-corrected chi connectivity index (χ3v) is 9.14. The Morgan fingerprint density at radius 1 is 1.04 bits per heavy atom. The molecular formula is C30H25ClN5NaO12S. The molecule has 3 aromatic rings. The standard InChI is InChI=1S/C30H26ClN5O12S.Na/c1-13(32-18(37)11-35-25(40)15-9-6-10-17(47-30(45)46-2)22(15)48-29(35)44)23(38)33-19(14-7-4-3-5-8-14)24(39)34-20-26(41)36-21(28(42)43)16(31)12-49-27(20)36;/h3-10,13,19-20,27H,11-12H2,1-2H3,(H,32,37)(H,33,38)(H,34,39)(H,42,43);/q;+1/p-1/t13-,19+,20+,27+;/m0./s1. The van der Waals surface area contributed by atoms with Crippen LogP contribution in [0.15, 0.2) is 73.3 Å². The number of β-lactam (4-membered cyclic amide) rings is 1. The van der Waals surface area contributed by atoms with E-state index in [0.717, 1.165) is 23.8 Å². The zero-order valence-corrected chi connectivity index (χ0v) is 30.0. The number of carbonyl (C=O) groups excluding carboxylic acids is 6. The van der Waals surface area contributed by atoms with Gasteiger partial charge in [0.15, 0.2) is 11.3 Å². The van der Waals surface area contributed by atoms with E-state index in [9.17, 15) is 43.5 Å². The van der Waals surface area contributed by atoms with Gasteiger partial charge in [0.25, 0.3) is 11.5 Å². The van der Waals surface area contributed by atoms with E-state index in [-0.39, 0.29) is 57.1 Å². The normalized spacial score (nSPS) is 17.7. The average Bonchev–Trinajstić information content (AvgIpc) is 3.08. The van der Waals surface area contributed by atoms with Gasteiger partial charge in [-0.2, -0.15) is 0 Å². The number of para-hydroxylation sites is 1. The van der Waals surface area contributed by atoms with Gasteiger partial charge in [-0.15, -0.1) is 11.8 Å². The second-order valence-electron chi connectivity index (χ2n) is 10.5. The number of carbonyl (C=O) groups is 6. The Balaban J connectivity index is 0.00000562. The molecule has 0 saturated carbocycles. The number of nitrogens with one attached hydrogen (secondary N) is 3. The summed E-state index contributed by atoms with van der Waals surface area (Å²) in [5, 5.41) is 17.9. The molecule has 50 heavy (non-hydrogen) atoms. The van der Waals surface area contributed by atoms with Crippen LogP contribution in [0.5, 0.6) is 5.75 Å². The maximum atomic E-state index is 13.5. The van der Waals surface area contributed by atoms with Gasteiger partial charge in [-0.05, 0) is 24.6 Å². The van der Waals surface area contributed by atoms with Crippen LogP contribution in [0, 0.1) is 0 Å². The molecule has 17 nitrogen and oxygen atoms in total. The Hall–Kier alpha value is -4.62. The molecule has 0 aliphatic carbocycles. The zero-order chi connectivity index (χ0) is 35.6. The summed E-state index contributed by atoms with van der Waals surface area (Å²) in [6, 6.07) is 8.06. The Labute approximate surface area is 312 Å². The van der Waals surface area contributed by atoms with Crippen LogP contribution in [0.25, 0.3) is 11.0 Å². The van der Waals surface area contributed by atoms with Gasteiger partial charge in [-0.1, -0.05) is 48.0 Å². The van der Waals surface area contributed by atoms with Crippen molar-refractivity contribution in [1.29, 1.82) is 0 Å². The summed E-state index contributed by atoms with van der Waals surface area (Å²) in [4.78, 5) is 102. The van der Waals surface area contributed by atoms with Gasteiger partial charge in [-0.25, -0.2) is 14.2 Å². The smallest absolute Gasteiger partial charge is 0.543 e. The maximum absolute atomic E-state index is 13.5. The minimum atomic E-state index is -1.63. The Kier molecular flexibility index (Phi) is 12.2. The van der Waals surface area contributed by atoms with Crippen molar-refractivity contribution in [2.75, 3.05) is 12.9 Å². The van der Waals surface area contributed by atoms with E-state index in [2.05, 4.69) is 20.7 Å². The van der Waals surface area contributed by atoms with Gasteiger partial charge in [-0.3, -0.25) is 28.9 Å². The van der Waals surface area contributed by atoms with Crippen molar-refractivity contribution < 1.29 is 77.3 Å². The first-order valence-corrected chi connectivity index (χ1v) is 15.7. The van der Waals surface area contributed by atoms with E-state index in [1.807, 2.05) is 0 Å². The number of hydrogen-bond donors (Lipinski definition) is 3. The van der Waals surface area contributed by atoms with Crippen LogP contribution in [-0.2, 0) is 35.3 Å². The number of carboxylic acids is 1. The van der Waals surface area contributed by atoms with Crippen molar-refractivity contribution in [3.05, 3.63) is 85.7 Å². The van der Waals surface area contributed by atoms with Crippen molar-refractivity contribution in [1.82, 2.24) is 25.4 Å². The first-order chi connectivity index (χ1) is 23.3. The number of nitrogens with zero attached hydrogens (tertiary/aromatic N) is 2. The fourth-order valence-electron chi connectivity index (χ4n) is 5.03. The van der Waals surface area contributed by atoms with Gasteiger partial charge in [0, 0.05) is 5.75 Å². The topological polar surface area (TPSA) is 235 Å². The molecule has 256 valence electrons. The van der Waals surface area contributed by atoms with Crippen molar-refractivity contribution >= 4 is 70.1 Å². The summed E-state index contributed by atoms with van der Waals surface area (Å²) >= 11 is 7.11. The molecule has 1 saturated heterocycles. The van der Waals surface area contributed by atoms with Crippen LogP contribution in [0.4, 0.5) is 4.79 Å². The number of methoxy groups -OCH3 is 1. The number of carboxylic acid groups (broad SMARTS) is 1. The first kappa shape index (κ1) is 38.2. The SMILES string of the molecule is COC(=O)Oc1cccc2c(=O)n(CC(=O)N[C@@H](C)C(=O)N[C@@H](C(=O)N[C@@H]3C(=O)N4C(C(=O)[O-])=C(Cl)CS[C@H]34)c3ccccc3)c(=O)oc12.[Na+]. The van der Waals surface area contributed by atoms with E-state index >= 15 is 0 Å². The number of amides is 4. The molecule has 4 amide bonds. The van der Waals surface area contributed by atoms with E-state index in [1.54, 1.807) is 30.3 Å². The maximum Gasteiger partial charge on any atom is 1.00 e. The summed E-state index contributed by atoms with van der Waals surface area (Å²) in [6.45, 7) is 0.434. The number of aromatic nitrogens is 1. The van der Waals surface area contributed by atoms with Gasteiger partial charge >= 0.3 is 41.5 Å². The minimum absolute atomic E-state index is 0.